The van der Waals surface area contributed by atoms with Gasteiger partial charge in [-0.05, 0) is 61.1 Å². The van der Waals surface area contributed by atoms with Gasteiger partial charge in [0.1, 0.15) is 0 Å². The Morgan fingerprint density at radius 3 is 1.21 bits per heavy atom. The van der Waals surface area contributed by atoms with Gasteiger partial charge in [-0.3, -0.25) is 0 Å². The van der Waals surface area contributed by atoms with Gasteiger partial charge in [-0.25, -0.2) is 0 Å². The maximum atomic E-state index is 4.93. The summed E-state index contributed by atoms with van der Waals surface area (Å²) in [5.41, 5.74) is 13.4. The molecule has 0 saturated carbocycles. The second-order valence-corrected chi connectivity index (χ2v) is 15.6. The summed E-state index contributed by atoms with van der Waals surface area (Å²) in [6, 6.07) is 35.6. The van der Waals surface area contributed by atoms with Gasteiger partial charge in [0.2, 0.25) is 0 Å². The van der Waals surface area contributed by atoms with Crippen molar-refractivity contribution in [1.29, 1.82) is 0 Å². The second-order valence-electron chi connectivity index (χ2n) is 10.9. The van der Waals surface area contributed by atoms with Crippen molar-refractivity contribution in [2.24, 2.45) is 0 Å². The quantitative estimate of drug-likeness (QED) is 0.126. The van der Waals surface area contributed by atoms with E-state index in [0.29, 0.717) is 0 Å². The van der Waals surface area contributed by atoms with Crippen LogP contribution in [0.15, 0.2) is 97.1 Å². The van der Waals surface area contributed by atoms with E-state index in [0.717, 1.165) is 9.52 Å². The first kappa shape index (κ1) is 34.3. The summed E-state index contributed by atoms with van der Waals surface area (Å²) in [6.45, 7) is 17.3. The summed E-state index contributed by atoms with van der Waals surface area (Å²) in [7, 11) is 11.0. The van der Waals surface area contributed by atoms with Crippen molar-refractivity contribution in [3.8, 4) is 22.3 Å². The molecule has 0 heterocycles. The van der Waals surface area contributed by atoms with Crippen molar-refractivity contribution < 1.29 is 20.8 Å². The van der Waals surface area contributed by atoms with E-state index < -0.39 is 20.8 Å². The summed E-state index contributed by atoms with van der Waals surface area (Å²) >= 11 is -0.826. The molecule has 214 valence electrons. The summed E-state index contributed by atoms with van der Waals surface area (Å²) in [4.78, 5) is 0. The van der Waals surface area contributed by atoms with Gasteiger partial charge in [-0.1, -0.05) is 86.6 Å². The zero-order valence-electron chi connectivity index (χ0n) is 26.0. The zero-order chi connectivity index (χ0) is 30.8. The normalized spacial score (nSPS) is 10.1. The first-order chi connectivity index (χ1) is 20.1. The van der Waals surface area contributed by atoms with Crippen molar-refractivity contribution in [3.05, 3.63) is 130 Å². The molecule has 0 fully saturated rings. The van der Waals surface area contributed by atoms with E-state index in [-0.39, 0.29) is 0 Å². The van der Waals surface area contributed by atoms with E-state index >= 15 is 0 Å². The molecule has 2 radical (unpaired) electrons. The molecule has 0 aliphatic carbocycles. The van der Waals surface area contributed by atoms with Crippen molar-refractivity contribution in [2.45, 2.75) is 54.6 Å². The summed E-state index contributed by atoms with van der Waals surface area (Å²) in [6.07, 6.45) is 0. The van der Waals surface area contributed by atoms with Crippen LogP contribution in [-0.2, 0) is 20.8 Å². The van der Waals surface area contributed by atoms with E-state index in [1.54, 1.807) is 0 Å². The van der Waals surface area contributed by atoms with Crippen LogP contribution in [-0.4, -0.2) is 9.52 Å². The monoisotopic (exact) mass is 684 g/mol. The molecule has 0 N–H and O–H groups in total. The molecule has 6 aromatic carbocycles. The van der Waals surface area contributed by atoms with Crippen LogP contribution in [0.1, 0.15) is 33.4 Å². The number of benzene rings is 4. The Balaban J connectivity index is 0.000000195. The molecule has 42 heavy (non-hydrogen) atoms. The van der Waals surface area contributed by atoms with Crippen LogP contribution in [0.3, 0.4) is 0 Å². The van der Waals surface area contributed by atoms with Gasteiger partial charge in [0, 0.05) is 9.52 Å². The molecule has 0 nitrogen and oxygen atoms in total. The molecule has 0 saturated heterocycles. The molecule has 6 rings (SSSR count). The van der Waals surface area contributed by atoms with E-state index in [9.17, 15) is 0 Å². The number of aryl methyl sites for hydroxylation is 6. The Morgan fingerprint density at radius 2 is 0.881 bits per heavy atom. The molecule has 0 aliphatic heterocycles. The van der Waals surface area contributed by atoms with Gasteiger partial charge in [0.05, 0.1) is 0 Å². The third kappa shape index (κ3) is 8.90. The molecule has 0 atom stereocenters. The standard InChI is InChI=1S/2C18H17.C2H6Si.2ClH.Zr/c2*1-12-9-15-5-4-6-17(18(15)10-12)16-8-7-13(2)14(3)11-16;1-3-2;;;/h2*4-11H,1-3H3;1-2H3;2*1H;/q2*-1;;;;+4/p-2. The van der Waals surface area contributed by atoms with E-state index in [2.05, 4.69) is 152 Å². The number of halogens is 2. The van der Waals surface area contributed by atoms with Gasteiger partial charge < -0.3 is 0 Å². The molecular formula is C38H40Cl2SiZr. The molecular weight excluding hydrogens is 647 g/mol. The molecule has 0 aromatic heterocycles. The van der Waals surface area contributed by atoms with Crippen LogP contribution >= 0.6 is 17.0 Å². The fourth-order valence-electron chi connectivity index (χ4n) is 5.09. The van der Waals surface area contributed by atoms with Crippen LogP contribution in [0.5, 0.6) is 0 Å². The van der Waals surface area contributed by atoms with Crippen LogP contribution in [0.4, 0.5) is 0 Å². The number of hydrogen-bond donors (Lipinski definition) is 0. The van der Waals surface area contributed by atoms with Gasteiger partial charge in [-0.2, -0.15) is 12.1 Å². The van der Waals surface area contributed by atoms with E-state index in [4.69, 9.17) is 17.0 Å². The van der Waals surface area contributed by atoms with Crippen LogP contribution in [0.2, 0.25) is 13.1 Å². The molecule has 6 aromatic rings. The molecule has 0 spiro atoms. The van der Waals surface area contributed by atoms with Gasteiger partial charge in [-0.15, -0.1) is 69.1 Å². The minimum atomic E-state index is -0.826. The summed E-state index contributed by atoms with van der Waals surface area (Å²) in [5, 5.41) is 5.39. The maximum absolute atomic E-state index is 4.93. The summed E-state index contributed by atoms with van der Waals surface area (Å²) < 4.78 is 0. The van der Waals surface area contributed by atoms with E-state index in [1.165, 1.54) is 77.2 Å². The topological polar surface area (TPSA) is 0 Å². The number of rotatable bonds is 2. The Kier molecular flexibility index (Phi) is 13.5. The van der Waals surface area contributed by atoms with Crippen molar-refractivity contribution in [2.75, 3.05) is 0 Å². The van der Waals surface area contributed by atoms with Gasteiger partial charge >= 0.3 is 37.9 Å². The zero-order valence-corrected chi connectivity index (χ0v) is 31.0. The van der Waals surface area contributed by atoms with Gasteiger partial charge in [0.15, 0.2) is 0 Å². The average Bonchev–Trinajstić information content (AvgIpc) is 3.53. The number of fused-ring (bicyclic) bond motifs is 2. The molecule has 0 unspecified atom stereocenters. The second kappa shape index (κ2) is 16.6. The molecule has 0 aliphatic rings. The first-order valence-corrected chi connectivity index (χ1v) is 22.5. The third-order valence-electron chi connectivity index (χ3n) is 7.43. The van der Waals surface area contributed by atoms with Crippen LogP contribution in [0.25, 0.3) is 43.8 Å². The predicted octanol–water partition coefficient (Wildman–Crippen LogP) is 12.5. The minimum absolute atomic E-state index is 0.826. The SMILES string of the molecule is C[Si]C.Cc1cc2c(-c3ccc(C)c(C)c3)cccc2[cH-]1.Cc1cc2c(-c3ccc(C)c(C)c3)cccc2[cH-]1.[Cl][Zr+2][Cl]. The van der Waals surface area contributed by atoms with Crippen LogP contribution in [0, 0.1) is 41.5 Å². The Bertz CT molecular complexity index is 1610. The number of hydrogen-bond acceptors (Lipinski definition) is 0. The van der Waals surface area contributed by atoms with Crippen molar-refractivity contribution in [3.63, 3.8) is 0 Å². The van der Waals surface area contributed by atoms with Crippen molar-refractivity contribution >= 4 is 48.1 Å². The summed E-state index contributed by atoms with van der Waals surface area (Å²) in [5.74, 6) is 0. The van der Waals surface area contributed by atoms with Crippen LogP contribution < -0.4 is 0 Å². The average molecular weight is 687 g/mol. The van der Waals surface area contributed by atoms with Crippen molar-refractivity contribution in [1.82, 2.24) is 0 Å². The fraction of sp³-hybridized carbons (Fsp3) is 0.211. The predicted molar refractivity (Wildman–Crippen MR) is 188 cm³/mol. The molecule has 0 amide bonds. The Labute approximate surface area is 274 Å². The fourth-order valence-corrected chi connectivity index (χ4v) is 5.09. The molecule has 0 bridgehead atoms. The first-order valence-electron chi connectivity index (χ1n) is 14.2. The Morgan fingerprint density at radius 1 is 0.524 bits per heavy atom. The third-order valence-corrected chi connectivity index (χ3v) is 7.43. The van der Waals surface area contributed by atoms with E-state index in [1.807, 2.05) is 0 Å². The van der Waals surface area contributed by atoms with Gasteiger partial charge in [0.25, 0.3) is 0 Å². The molecule has 4 heteroatoms. The Hall–Kier alpha value is -2.22.